The first-order chi connectivity index (χ1) is 12.1. The van der Waals surface area contributed by atoms with Crippen LogP contribution in [0, 0.1) is 5.41 Å². The maximum absolute atomic E-state index is 12.0. The van der Waals surface area contributed by atoms with Crippen molar-refractivity contribution in [3.8, 4) is 0 Å². The first kappa shape index (κ1) is 18.6. The Morgan fingerprint density at radius 2 is 1.08 bits per heavy atom. The minimum absolute atomic E-state index is 0.282. The van der Waals surface area contributed by atoms with Crippen LogP contribution in [0.15, 0.2) is 60.7 Å². The lowest BCUT2D eigenvalue weighted by Crippen LogP contribution is -2.41. The SMILES string of the molecule is O=C(OCC(CO)(CO)COC(=O)c1ccccc1)c1ccccc1. The molecule has 0 fully saturated rings. The molecule has 0 aliphatic rings. The highest BCUT2D eigenvalue weighted by atomic mass is 16.6. The zero-order valence-electron chi connectivity index (χ0n) is 13.6. The fourth-order valence-corrected chi connectivity index (χ4v) is 2.03. The lowest BCUT2D eigenvalue weighted by atomic mass is 9.92. The van der Waals surface area contributed by atoms with E-state index in [9.17, 15) is 19.8 Å². The van der Waals surface area contributed by atoms with Crippen molar-refractivity contribution in [1.82, 2.24) is 0 Å². The molecule has 2 N–H and O–H groups in total. The molecule has 2 aromatic carbocycles. The number of carbonyl (C=O) groups excluding carboxylic acids is 2. The number of hydrogen-bond acceptors (Lipinski definition) is 6. The number of carbonyl (C=O) groups is 2. The molecule has 0 saturated carbocycles. The summed E-state index contributed by atoms with van der Waals surface area (Å²) in [6, 6.07) is 16.7. The maximum atomic E-state index is 12.0. The van der Waals surface area contributed by atoms with E-state index in [4.69, 9.17) is 9.47 Å². The van der Waals surface area contributed by atoms with E-state index in [1.165, 1.54) is 0 Å². The van der Waals surface area contributed by atoms with Crippen LogP contribution in [-0.2, 0) is 9.47 Å². The Kier molecular flexibility index (Phi) is 6.68. The number of benzene rings is 2. The van der Waals surface area contributed by atoms with E-state index >= 15 is 0 Å². The van der Waals surface area contributed by atoms with Gasteiger partial charge in [-0.1, -0.05) is 36.4 Å². The second-order valence-electron chi connectivity index (χ2n) is 5.70. The van der Waals surface area contributed by atoms with Crippen LogP contribution in [0.2, 0.25) is 0 Å². The van der Waals surface area contributed by atoms with E-state index in [1.807, 2.05) is 0 Å². The predicted molar refractivity (Wildman–Crippen MR) is 90.1 cm³/mol. The van der Waals surface area contributed by atoms with Gasteiger partial charge < -0.3 is 19.7 Å². The number of esters is 2. The summed E-state index contributed by atoms with van der Waals surface area (Å²) >= 11 is 0. The zero-order valence-corrected chi connectivity index (χ0v) is 13.6. The maximum Gasteiger partial charge on any atom is 0.338 e. The van der Waals surface area contributed by atoms with Crippen molar-refractivity contribution in [3.05, 3.63) is 71.8 Å². The first-order valence-corrected chi connectivity index (χ1v) is 7.76. The van der Waals surface area contributed by atoms with Crippen LogP contribution in [0.1, 0.15) is 20.7 Å². The molecule has 0 aliphatic heterocycles. The van der Waals surface area contributed by atoms with Gasteiger partial charge in [-0.05, 0) is 24.3 Å². The largest absolute Gasteiger partial charge is 0.461 e. The van der Waals surface area contributed by atoms with Gasteiger partial charge >= 0.3 is 11.9 Å². The molecule has 6 nitrogen and oxygen atoms in total. The van der Waals surface area contributed by atoms with Crippen molar-refractivity contribution in [1.29, 1.82) is 0 Å². The molecule has 0 heterocycles. The van der Waals surface area contributed by atoms with Gasteiger partial charge in [0.1, 0.15) is 13.2 Å². The van der Waals surface area contributed by atoms with Gasteiger partial charge in [0.2, 0.25) is 0 Å². The Balaban J connectivity index is 1.95. The van der Waals surface area contributed by atoms with Crippen molar-refractivity contribution in [2.45, 2.75) is 0 Å². The van der Waals surface area contributed by atoms with E-state index in [1.54, 1.807) is 60.7 Å². The summed E-state index contributed by atoms with van der Waals surface area (Å²) in [6.07, 6.45) is 0. The Bertz CT molecular complexity index is 622. The molecule has 0 unspecified atom stereocenters. The van der Waals surface area contributed by atoms with Gasteiger partial charge in [-0.3, -0.25) is 0 Å². The quantitative estimate of drug-likeness (QED) is 0.708. The van der Waals surface area contributed by atoms with Crippen molar-refractivity contribution in [2.75, 3.05) is 26.4 Å². The average Bonchev–Trinajstić information content (AvgIpc) is 2.69. The van der Waals surface area contributed by atoms with Crippen LogP contribution in [0.4, 0.5) is 0 Å². The van der Waals surface area contributed by atoms with Gasteiger partial charge in [-0.2, -0.15) is 0 Å². The smallest absolute Gasteiger partial charge is 0.338 e. The summed E-state index contributed by atoms with van der Waals surface area (Å²) in [6.45, 7) is -1.58. The third-order valence-corrected chi connectivity index (χ3v) is 3.71. The van der Waals surface area contributed by atoms with Crippen molar-refractivity contribution < 1.29 is 29.3 Å². The summed E-state index contributed by atoms with van der Waals surface area (Å²) in [5.41, 5.74) is -0.559. The summed E-state index contributed by atoms with van der Waals surface area (Å²) in [7, 11) is 0. The third-order valence-electron chi connectivity index (χ3n) is 3.71. The van der Waals surface area contributed by atoms with Crippen LogP contribution in [0.5, 0.6) is 0 Å². The minimum Gasteiger partial charge on any atom is -0.461 e. The summed E-state index contributed by atoms with van der Waals surface area (Å²) in [4.78, 5) is 24.0. The zero-order chi connectivity index (χ0) is 18.1. The van der Waals surface area contributed by atoms with Gasteiger partial charge in [0, 0.05) is 0 Å². The Hall–Kier alpha value is -2.70. The second-order valence-corrected chi connectivity index (χ2v) is 5.70. The molecule has 0 aliphatic carbocycles. The van der Waals surface area contributed by atoms with E-state index in [0.29, 0.717) is 11.1 Å². The highest BCUT2D eigenvalue weighted by Gasteiger charge is 2.33. The lowest BCUT2D eigenvalue weighted by molar-refractivity contribution is -0.0522. The third kappa shape index (κ3) is 5.14. The van der Waals surface area contributed by atoms with E-state index < -0.39 is 30.6 Å². The molecule has 6 heteroatoms. The van der Waals surface area contributed by atoms with E-state index in [-0.39, 0.29) is 13.2 Å². The summed E-state index contributed by atoms with van der Waals surface area (Å²) in [5.74, 6) is -1.16. The number of hydrogen-bond donors (Lipinski definition) is 2. The van der Waals surface area contributed by atoms with E-state index in [0.717, 1.165) is 0 Å². The molecule has 132 valence electrons. The normalized spacial score (nSPS) is 11.0. The molecule has 25 heavy (non-hydrogen) atoms. The van der Waals surface area contributed by atoms with Crippen LogP contribution in [0.25, 0.3) is 0 Å². The topological polar surface area (TPSA) is 93.1 Å². The Morgan fingerprint density at radius 1 is 0.720 bits per heavy atom. The first-order valence-electron chi connectivity index (χ1n) is 7.76. The average molecular weight is 344 g/mol. The lowest BCUT2D eigenvalue weighted by Gasteiger charge is -2.28. The predicted octanol–water partition coefficient (Wildman–Crippen LogP) is 1.67. The summed E-state index contributed by atoms with van der Waals surface area (Å²) in [5, 5.41) is 19.2. The molecule has 0 aromatic heterocycles. The number of aliphatic hydroxyl groups is 2. The van der Waals surface area contributed by atoms with Crippen LogP contribution in [0.3, 0.4) is 0 Å². The molecule has 2 rings (SSSR count). The van der Waals surface area contributed by atoms with Crippen molar-refractivity contribution in [3.63, 3.8) is 0 Å². The van der Waals surface area contributed by atoms with Crippen molar-refractivity contribution >= 4 is 11.9 Å². The standard InChI is InChI=1S/C19H20O6/c20-11-19(12-21,13-24-17(22)15-7-3-1-4-8-15)14-25-18(23)16-9-5-2-6-10-16/h1-10,20-21H,11-14H2. The molecule has 2 aromatic rings. The highest BCUT2D eigenvalue weighted by molar-refractivity contribution is 5.89. The molecule has 0 bridgehead atoms. The van der Waals surface area contributed by atoms with Crippen molar-refractivity contribution in [2.24, 2.45) is 5.41 Å². The van der Waals surface area contributed by atoms with Crippen LogP contribution < -0.4 is 0 Å². The molecular formula is C19H20O6. The molecule has 0 spiro atoms. The van der Waals surface area contributed by atoms with Gasteiger partial charge in [0.15, 0.2) is 0 Å². The number of ether oxygens (including phenoxy) is 2. The molecular weight excluding hydrogens is 324 g/mol. The fourth-order valence-electron chi connectivity index (χ4n) is 2.03. The Labute approximate surface area is 145 Å². The number of aliphatic hydroxyl groups excluding tert-OH is 2. The highest BCUT2D eigenvalue weighted by Crippen LogP contribution is 2.19. The molecule has 0 radical (unpaired) electrons. The molecule has 0 atom stereocenters. The Morgan fingerprint density at radius 3 is 1.40 bits per heavy atom. The van der Waals surface area contributed by atoms with Crippen LogP contribution >= 0.6 is 0 Å². The minimum atomic E-state index is -1.27. The van der Waals surface area contributed by atoms with Gasteiger partial charge in [-0.25, -0.2) is 9.59 Å². The number of rotatable bonds is 8. The summed E-state index contributed by atoms with van der Waals surface area (Å²) < 4.78 is 10.3. The van der Waals surface area contributed by atoms with Gasteiger partial charge in [0.25, 0.3) is 0 Å². The fraction of sp³-hybridized carbons (Fsp3) is 0.263. The monoisotopic (exact) mass is 344 g/mol. The second kappa shape index (κ2) is 8.96. The molecule has 0 saturated heterocycles. The van der Waals surface area contributed by atoms with Crippen LogP contribution in [-0.4, -0.2) is 48.6 Å². The molecule has 0 amide bonds. The van der Waals surface area contributed by atoms with Gasteiger partial charge in [0.05, 0.1) is 29.8 Å². The van der Waals surface area contributed by atoms with Gasteiger partial charge in [-0.15, -0.1) is 0 Å². The van der Waals surface area contributed by atoms with E-state index in [2.05, 4.69) is 0 Å².